The lowest BCUT2D eigenvalue weighted by molar-refractivity contribution is 0.00328. The van der Waals surface area contributed by atoms with Crippen molar-refractivity contribution in [3.8, 4) is 6.07 Å². The summed E-state index contributed by atoms with van der Waals surface area (Å²) in [5, 5.41) is 20.0. The van der Waals surface area contributed by atoms with E-state index >= 15 is 0 Å². The van der Waals surface area contributed by atoms with Crippen molar-refractivity contribution < 1.29 is 14.2 Å². The Labute approximate surface area is 115 Å². The molecule has 4 unspecified atom stereocenters. The van der Waals surface area contributed by atoms with E-state index in [-0.39, 0.29) is 17.2 Å². The summed E-state index contributed by atoms with van der Waals surface area (Å²) in [5.41, 5.74) is -0.594. The van der Waals surface area contributed by atoms with Crippen molar-refractivity contribution in [3.63, 3.8) is 0 Å². The molecule has 1 aromatic rings. The second kappa shape index (κ2) is 4.45. The fourth-order valence-electron chi connectivity index (χ4n) is 3.19. The van der Waals surface area contributed by atoms with Crippen LogP contribution in [0, 0.1) is 22.6 Å². The molecule has 4 atom stereocenters. The largest absolute Gasteiger partial charge is 0.387 e. The highest BCUT2D eigenvalue weighted by Gasteiger charge is 2.57. The minimum Gasteiger partial charge on any atom is -0.387 e. The van der Waals surface area contributed by atoms with Crippen LogP contribution in [0.15, 0.2) is 18.2 Å². The van der Waals surface area contributed by atoms with Crippen LogP contribution in [0.25, 0.3) is 0 Å². The third-order valence-corrected chi connectivity index (χ3v) is 4.51. The summed E-state index contributed by atoms with van der Waals surface area (Å²) < 4.78 is 19.2. The van der Waals surface area contributed by atoms with Crippen molar-refractivity contribution in [1.29, 1.82) is 5.26 Å². The van der Waals surface area contributed by atoms with Crippen LogP contribution in [0.3, 0.4) is 0 Å². The van der Waals surface area contributed by atoms with Crippen LogP contribution < -0.4 is 0 Å². The van der Waals surface area contributed by atoms with Gasteiger partial charge in [-0.25, -0.2) is 4.39 Å². The molecule has 3 rings (SSSR count). The van der Waals surface area contributed by atoms with E-state index in [0.29, 0.717) is 12.0 Å². The molecular formula is C14H13ClFNO2. The number of halogens is 2. The van der Waals surface area contributed by atoms with E-state index in [9.17, 15) is 14.8 Å². The van der Waals surface area contributed by atoms with Crippen molar-refractivity contribution >= 4 is 11.6 Å². The van der Waals surface area contributed by atoms with Gasteiger partial charge in [0.15, 0.2) is 0 Å². The molecule has 5 heteroatoms. The minimum absolute atomic E-state index is 0.00569. The average molecular weight is 282 g/mol. The first-order chi connectivity index (χ1) is 9.06. The summed E-state index contributed by atoms with van der Waals surface area (Å²) >= 11 is 5.63. The molecule has 0 saturated carbocycles. The smallest absolute Gasteiger partial charge is 0.142 e. The average Bonchev–Trinajstić information content (AvgIpc) is 3.02. The monoisotopic (exact) mass is 281 g/mol. The SMILES string of the molecule is N#CC1(C(O)c2ccc(Cl)c(F)c2)CC2CCC1O2. The number of nitriles is 1. The van der Waals surface area contributed by atoms with Crippen molar-refractivity contribution in [2.24, 2.45) is 5.41 Å². The van der Waals surface area contributed by atoms with Gasteiger partial charge in [-0.05, 0) is 37.0 Å². The normalized spacial score (nSPS) is 34.2. The van der Waals surface area contributed by atoms with E-state index in [0.717, 1.165) is 12.8 Å². The van der Waals surface area contributed by atoms with Gasteiger partial charge in [0.2, 0.25) is 0 Å². The van der Waals surface area contributed by atoms with Crippen molar-refractivity contribution in [3.05, 3.63) is 34.6 Å². The molecule has 2 saturated heterocycles. The van der Waals surface area contributed by atoms with Gasteiger partial charge in [-0.15, -0.1) is 0 Å². The molecular weight excluding hydrogens is 269 g/mol. The zero-order chi connectivity index (χ0) is 13.6. The van der Waals surface area contributed by atoms with Crippen molar-refractivity contribution in [2.45, 2.75) is 37.6 Å². The number of aliphatic hydroxyl groups is 1. The summed E-state index contributed by atoms with van der Waals surface area (Å²) in [6, 6.07) is 6.36. The quantitative estimate of drug-likeness (QED) is 0.907. The summed E-state index contributed by atoms with van der Waals surface area (Å²) in [4.78, 5) is 0. The minimum atomic E-state index is -1.06. The lowest BCUT2D eigenvalue weighted by Crippen LogP contribution is -2.37. The summed E-state index contributed by atoms with van der Waals surface area (Å²) in [6.45, 7) is 0. The van der Waals surface area contributed by atoms with Crippen LogP contribution in [0.2, 0.25) is 5.02 Å². The van der Waals surface area contributed by atoms with Gasteiger partial charge in [0.25, 0.3) is 0 Å². The first kappa shape index (κ1) is 12.9. The van der Waals surface area contributed by atoms with Gasteiger partial charge in [-0.1, -0.05) is 17.7 Å². The van der Waals surface area contributed by atoms with Crippen molar-refractivity contribution in [2.75, 3.05) is 0 Å². The third kappa shape index (κ3) is 1.85. The van der Waals surface area contributed by atoms with Crippen LogP contribution in [-0.4, -0.2) is 17.3 Å². The van der Waals surface area contributed by atoms with Gasteiger partial charge in [-0.2, -0.15) is 5.26 Å². The Morgan fingerprint density at radius 1 is 1.53 bits per heavy atom. The Morgan fingerprint density at radius 2 is 2.32 bits per heavy atom. The highest BCUT2D eigenvalue weighted by atomic mass is 35.5. The van der Waals surface area contributed by atoms with Gasteiger partial charge >= 0.3 is 0 Å². The first-order valence-corrected chi connectivity index (χ1v) is 6.64. The molecule has 2 aliphatic rings. The topological polar surface area (TPSA) is 53.2 Å². The highest BCUT2D eigenvalue weighted by molar-refractivity contribution is 6.30. The number of benzene rings is 1. The fraction of sp³-hybridized carbons (Fsp3) is 0.500. The van der Waals surface area contributed by atoms with E-state index < -0.39 is 17.3 Å². The van der Waals surface area contributed by atoms with E-state index in [1.54, 1.807) is 6.07 Å². The molecule has 1 aromatic carbocycles. The lowest BCUT2D eigenvalue weighted by atomic mass is 9.69. The molecule has 100 valence electrons. The summed E-state index contributed by atoms with van der Waals surface area (Å²) in [6.07, 6.45) is 0.910. The molecule has 19 heavy (non-hydrogen) atoms. The number of aliphatic hydroxyl groups excluding tert-OH is 1. The maximum atomic E-state index is 13.5. The number of nitrogens with zero attached hydrogens (tertiary/aromatic N) is 1. The Balaban J connectivity index is 1.96. The van der Waals surface area contributed by atoms with Crippen LogP contribution in [0.4, 0.5) is 4.39 Å². The molecule has 0 aliphatic carbocycles. The molecule has 0 aromatic heterocycles. The van der Waals surface area contributed by atoms with Crippen molar-refractivity contribution in [1.82, 2.24) is 0 Å². The lowest BCUT2D eigenvalue weighted by Gasteiger charge is -2.33. The molecule has 1 N–H and O–H groups in total. The molecule has 0 amide bonds. The number of rotatable bonds is 2. The van der Waals surface area contributed by atoms with Gasteiger partial charge in [0, 0.05) is 0 Å². The van der Waals surface area contributed by atoms with Gasteiger partial charge in [0.1, 0.15) is 17.3 Å². The van der Waals surface area contributed by atoms with E-state index in [2.05, 4.69) is 6.07 Å². The van der Waals surface area contributed by atoms with Gasteiger partial charge in [-0.3, -0.25) is 0 Å². The predicted octanol–water partition coefficient (Wildman–Crippen LogP) is 2.97. The molecule has 2 bridgehead atoms. The van der Waals surface area contributed by atoms with Crippen LogP contribution in [0.5, 0.6) is 0 Å². The van der Waals surface area contributed by atoms with Crippen LogP contribution >= 0.6 is 11.6 Å². The third-order valence-electron chi connectivity index (χ3n) is 4.20. The molecule has 2 fully saturated rings. The Kier molecular flexibility index (Phi) is 3.01. The molecule has 2 aliphatic heterocycles. The van der Waals surface area contributed by atoms with E-state index in [4.69, 9.17) is 16.3 Å². The summed E-state index contributed by atoms with van der Waals surface area (Å²) in [5.74, 6) is -0.588. The Bertz CT molecular complexity index is 559. The number of ether oxygens (including phenoxy) is 1. The molecule has 3 nitrogen and oxygen atoms in total. The Morgan fingerprint density at radius 3 is 2.84 bits per heavy atom. The predicted molar refractivity (Wildman–Crippen MR) is 66.9 cm³/mol. The molecule has 0 spiro atoms. The standard InChI is InChI=1S/C14H13ClFNO2/c15-10-3-1-8(5-11(10)16)13(18)14(7-17)6-9-2-4-12(14)19-9/h1,3,5,9,12-13,18H,2,4,6H2. The second-order valence-corrected chi connectivity index (χ2v) is 5.66. The van der Waals surface area contributed by atoms with Gasteiger partial charge in [0.05, 0.1) is 23.3 Å². The maximum absolute atomic E-state index is 13.5. The van der Waals surface area contributed by atoms with Gasteiger partial charge < -0.3 is 9.84 Å². The van der Waals surface area contributed by atoms with E-state index in [1.165, 1.54) is 12.1 Å². The van der Waals surface area contributed by atoms with Crippen LogP contribution in [-0.2, 0) is 4.74 Å². The maximum Gasteiger partial charge on any atom is 0.142 e. The Hall–Kier alpha value is -1.15. The van der Waals surface area contributed by atoms with E-state index in [1.807, 2.05) is 0 Å². The molecule has 2 heterocycles. The zero-order valence-electron chi connectivity index (χ0n) is 10.1. The fourth-order valence-corrected chi connectivity index (χ4v) is 3.31. The molecule has 0 radical (unpaired) electrons. The number of hydrogen-bond acceptors (Lipinski definition) is 3. The zero-order valence-corrected chi connectivity index (χ0v) is 10.9. The first-order valence-electron chi connectivity index (χ1n) is 6.26. The summed E-state index contributed by atoms with van der Waals surface area (Å²) in [7, 11) is 0. The highest BCUT2D eigenvalue weighted by Crippen LogP contribution is 2.53. The number of hydrogen-bond donors (Lipinski definition) is 1. The number of fused-ring (bicyclic) bond motifs is 2. The van der Waals surface area contributed by atoms with Crippen LogP contribution in [0.1, 0.15) is 30.9 Å². The second-order valence-electron chi connectivity index (χ2n) is 5.26.